The lowest BCUT2D eigenvalue weighted by Gasteiger charge is -2.33. The summed E-state index contributed by atoms with van der Waals surface area (Å²) in [5, 5.41) is 2.95. The smallest absolute Gasteiger partial charge is 0.244 e. The molecule has 1 atom stereocenters. The molecule has 3 rings (SSSR count). The molecule has 1 N–H and O–H groups in total. The Kier molecular flexibility index (Phi) is 10.9. The number of amides is 2. The van der Waals surface area contributed by atoms with Crippen LogP contribution in [0.25, 0.3) is 0 Å². The van der Waals surface area contributed by atoms with Gasteiger partial charge in [0.25, 0.3) is 0 Å². The Morgan fingerprint density at radius 2 is 1.50 bits per heavy atom. The second-order valence-electron chi connectivity index (χ2n) is 10.5. The molecule has 0 aromatic heterocycles. The maximum atomic E-state index is 14.1. The number of nitrogens with zero attached hydrogens (tertiary/aromatic N) is 2. The van der Waals surface area contributed by atoms with Crippen LogP contribution in [-0.2, 0) is 32.6 Å². The molecular weight excluding hydrogens is 522 g/mol. The Labute approximate surface area is 239 Å². The van der Waals surface area contributed by atoms with Crippen molar-refractivity contribution in [1.82, 2.24) is 10.2 Å². The highest BCUT2D eigenvalue weighted by Crippen LogP contribution is 2.23. The van der Waals surface area contributed by atoms with Gasteiger partial charge < -0.3 is 10.2 Å². The van der Waals surface area contributed by atoms with Gasteiger partial charge in [-0.15, -0.1) is 0 Å². The first kappa shape index (κ1) is 30.9. The fourth-order valence-electron chi connectivity index (χ4n) is 4.45. The van der Waals surface area contributed by atoms with Crippen molar-refractivity contribution in [3.8, 4) is 0 Å². The number of aryl methyl sites for hydroxylation is 1. The van der Waals surface area contributed by atoms with Crippen molar-refractivity contribution in [3.63, 3.8) is 0 Å². The van der Waals surface area contributed by atoms with E-state index in [1.165, 1.54) is 4.90 Å². The van der Waals surface area contributed by atoms with Crippen LogP contribution < -0.4 is 9.62 Å². The first-order valence-corrected chi connectivity index (χ1v) is 15.6. The molecule has 40 heavy (non-hydrogen) atoms. The first-order chi connectivity index (χ1) is 19.0. The van der Waals surface area contributed by atoms with E-state index in [-0.39, 0.29) is 18.4 Å². The third-order valence-corrected chi connectivity index (χ3v) is 7.96. The Morgan fingerprint density at radius 1 is 0.875 bits per heavy atom. The summed E-state index contributed by atoms with van der Waals surface area (Å²) >= 11 is 0. The molecule has 3 aromatic rings. The number of carbonyl (C=O) groups excluding carboxylic acids is 2. The van der Waals surface area contributed by atoms with Gasteiger partial charge in [0, 0.05) is 19.5 Å². The second kappa shape index (κ2) is 14.1. The average molecular weight is 564 g/mol. The van der Waals surface area contributed by atoms with Crippen LogP contribution in [0.1, 0.15) is 55.4 Å². The second-order valence-corrected chi connectivity index (χ2v) is 12.4. The molecule has 8 heteroatoms. The number of hydrogen-bond donors (Lipinski definition) is 1. The number of anilines is 1. The summed E-state index contributed by atoms with van der Waals surface area (Å²) in [7, 11) is -3.79. The minimum absolute atomic E-state index is 0.167. The Hall–Kier alpha value is -3.65. The zero-order chi connectivity index (χ0) is 29.3. The fraction of sp³-hybridized carbons (Fsp3) is 0.375. The molecule has 0 fully saturated rings. The van der Waals surface area contributed by atoms with Crippen molar-refractivity contribution in [3.05, 3.63) is 101 Å². The molecule has 3 aromatic carbocycles. The van der Waals surface area contributed by atoms with Crippen LogP contribution in [0, 0.1) is 6.92 Å². The quantitative estimate of drug-likeness (QED) is 0.315. The maximum absolute atomic E-state index is 14.1. The molecule has 0 saturated carbocycles. The summed E-state index contributed by atoms with van der Waals surface area (Å²) in [5.74, 6) is -0.433. The minimum atomic E-state index is -3.79. The van der Waals surface area contributed by atoms with Gasteiger partial charge in [-0.1, -0.05) is 93.1 Å². The highest BCUT2D eigenvalue weighted by Gasteiger charge is 2.33. The van der Waals surface area contributed by atoms with Crippen molar-refractivity contribution in [1.29, 1.82) is 0 Å². The van der Waals surface area contributed by atoms with E-state index in [0.29, 0.717) is 18.7 Å². The van der Waals surface area contributed by atoms with E-state index in [0.717, 1.165) is 39.2 Å². The number of rotatable bonds is 13. The lowest BCUT2D eigenvalue weighted by Crippen LogP contribution is -2.53. The van der Waals surface area contributed by atoms with Crippen LogP contribution in [0.5, 0.6) is 0 Å². The van der Waals surface area contributed by atoms with Gasteiger partial charge in [0.1, 0.15) is 12.6 Å². The molecule has 2 amide bonds. The van der Waals surface area contributed by atoms with E-state index in [4.69, 9.17) is 0 Å². The summed E-state index contributed by atoms with van der Waals surface area (Å²) < 4.78 is 26.9. The van der Waals surface area contributed by atoms with Gasteiger partial charge >= 0.3 is 0 Å². The van der Waals surface area contributed by atoms with Crippen molar-refractivity contribution in [2.24, 2.45) is 0 Å². The topological polar surface area (TPSA) is 86.8 Å². The summed E-state index contributed by atoms with van der Waals surface area (Å²) in [6.45, 7) is 8.30. The molecule has 214 valence electrons. The third kappa shape index (κ3) is 8.68. The van der Waals surface area contributed by atoms with E-state index in [2.05, 4.69) is 19.2 Å². The highest BCUT2D eigenvalue weighted by molar-refractivity contribution is 7.92. The molecule has 7 nitrogen and oxygen atoms in total. The van der Waals surface area contributed by atoms with Gasteiger partial charge in [-0.25, -0.2) is 8.42 Å². The van der Waals surface area contributed by atoms with E-state index in [1.807, 2.05) is 80.6 Å². The molecular formula is C32H41N3O4S. The summed E-state index contributed by atoms with van der Waals surface area (Å²) in [6.07, 6.45) is 2.15. The standard InChI is InChI=1S/C32H41N3O4S/c1-6-20-33-32(37)30(21-26-10-8-7-9-11-26)34(22-27-14-12-25(4)13-15-27)31(36)23-35(40(5,38)39)29-18-16-28(17-19-29)24(2)3/h7-19,24,30H,6,20-23H2,1-5H3,(H,33,37)/t30-/m0/s1. The number of carbonyl (C=O) groups is 2. The number of benzene rings is 3. The molecule has 0 spiro atoms. The molecule has 0 aliphatic rings. The lowest BCUT2D eigenvalue weighted by atomic mass is 10.0. The maximum Gasteiger partial charge on any atom is 0.244 e. The predicted octanol–water partition coefficient (Wildman–Crippen LogP) is 5.05. The van der Waals surface area contributed by atoms with Gasteiger partial charge in [-0.2, -0.15) is 0 Å². The Morgan fingerprint density at radius 3 is 2.05 bits per heavy atom. The largest absolute Gasteiger partial charge is 0.354 e. The van der Waals surface area contributed by atoms with Crippen LogP contribution >= 0.6 is 0 Å². The van der Waals surface area contributed by atoms with E-state index in [1.54, 1.807) is 12.1 Å². The predicted molar refractivity (Wildman–Crippen MR) is 162 cm³/mol. The number of nitrogens with one attached hydrogen (secondary N) is 1. The van der Waals surface area contributed by atoms with Crippen LogP contribution in [0.15, 0.2) is 78.9 Å². The normalized spacial score (nSPS) is 12.2. The van der Waals surface area contributed by atoms with Gasteiger partial charge in [0.2, 0.25) is 21.8 Å². The molecule has 0 saturated heterocycles. The van der Waals surface area contributed by atoms with Gasteiger partial charge in [-0.05, 0) is 48.1 Å². The number of hydrogen-bond acceptors (Lipinski definition) is 4. The number of sulfonamides is 1. The summed E-state index contributed by atoms with van der Waals surface area (Å²) in [4.78, 5) is 29.1. The fourth-order valence-corrected chi connectivity index (χ4v) is 5.30. The molecule has 0 aliphatic heterocycles. The van der Waals surface area contributed by atoms with E-state index < -0.39 is 28.5 Å². The molecule has 0 bridgehead atoms. The van der Waals surface area contributed by atoms with Gasteiger partial charge in [0.05, 0.1) is 11.9 Å². The van der Waals surface area contributed by atoms with Crippen LogP contribution in [0.4, 0.5) is 5.69 Å². The summed E-state index contributed by atoms with van der Waals surface area (Å²) in [5.41, 5.74) is 4.32. The van der Waals surface area contributed by atoms with E-state index in [9.17, 15) is 18.0 Å². The van der Waals surface area contributed by atoms with Crippen molar-refractivity contribution in [2.75, 3.05) is 23.7 Å². The highest BCUT2D eigenvalue weighted by atomic mass is 32.2. The molecule has 0 radical (unpaired) electrons. The summed E-state index contributed by atoms with van der Waals surface area (Å²) in [6, 6.07) is 23.7. The van der Waals surface area contributed by atoms with Crippen molar-refractivity contribution >= 4 is 27.5 Å². The zero-order valence-electron chi connectivity index (χ0n) is 24.1. The van der Waals surface area contributed by atoms with Gasteiger partial charge in [0.15, 0.2) is 0 Å². The van der Waals surface area contributed by atoms with Crippen molar-refractivity contribution < 1.29 is 18.0 Å². The monoisotopic (exact) mass is 563 g/mol. The zero-order valence-corrected chi connectivity index (χ0v) is 24.9. The molecule has 0 heterocycles. The average Bonchev–Trinajstić information content (AvgIpc) is 2.93. The van der Waals surface area contributed by atoms with E-state index >= 15 is 0 Å². The third-order valence-electron chi connectivity index (χ3n) is 6.82. The van der Waals surface area contributed by atoms with Crippen LogP contribution in [0.2, 0.25) is 0 Å². The molecule has 0 aliphatic carbocycles. The van der Waals surface area contributed by atoms with Crippen LogP contribution in [-0.4, -0.2) is 50.5 Å². The SMILES string of the molecule is CCCNC(=O)[C@H](Cc1ccccc1)N(Cc1ccc(C)cc1)C(=O)CN(c1ccc(C(C)C)cc1)S(C)(=O)=O. The molecule has 0 unspecified atom stereocenters. The van der Waals surface area contributed by atoms with Crippen LogP contribution in [0.3, 0.4) is 0 Å². The minimum Gasteiger partial charge on any atom is -0.354 e. The lowest BCUT2D eigenvalue weighted by molar-refractivity contribution is -0.140. The Balaban J connectivity index is 2.02. The van der Waals surface area contributed by atoms with Gasteiger partial charge in [-0.3, -0.25) is 13.9 Å². The first-order valence-electron chi connectivity index (χ1n) is 13.7. The van der Waals surface area contributed by atoms with Crippen molar-refractivity contribution in [2.45, 2.75) is 59.0 Å². The Bertz CT molecular complexity index is 1360.